The molecule has 1 fully saturated rings. The van der Waals surface area contributed by atoms with E-state index in [-0.39, 0.29) is 12.6 Å². The summed E-state index contributed by atoms with van der Waals surface area (Å²) in [5, 5.41) is 28.6. The molecule has 4 nitrogen and oxygen atoms in total. The second-order valence-electron chi connectivity index (χ2n) is 5.43. The van der Waals surface area contributed by atoms with Crippen molar-refractivity contribution >= 4 is 0 Å². The van der Waals surface area contributed by atoms with Gasteiger partial charge < -0.3 is 10.2 Å². The number of hydrogen-bond acceptors (Lipinski definition) is 4. The van der Waals surface area contributed by atoms with Crippen molar-refractivity contribution in [2.75, 3.05) is 19.7 Å². The van der Waals surface area contributed by atoms with E-state index in [0.29, 0.717) is 12.1 Å². The number of rotatable bonds is 4. The highest BCUT2D eigenvalue weighted by atomic mass is 16.3. The van der Waals surface area contributed by atoms with Gasteiger partial charge in [0.2, 0.25) is 0 Å². The van der Waals surface area contributed by atoms with Gasteiger partial charge >= 0.3 is 0 Å². The Morgan fingerprint density at radius 1 is 1.25 bits per heavy atom. The Hall–Kier alpha value is -1.41. The van der Waals surface area contributed by atoms with Crippen LogP contribution in [0.4, 0.5) is 0 Å². The van der Waals surface area contributed by atoms with Crippen molar-refractivity contribution in [2.24, 2.45) is 0 Å². The molecule has 1 aliphatic rings. The van der Waals surface area contributed by atoms with E-state index in [2.05, 4.69) is 11.0 Å². The summed E-state index contributed by atoms with van der Waals surface area (Å²) in [7, 11) is 0. The Balaban J connectivity index is 2.01. The molecule has 108 valence electrons. The molecule has 0 radical (unpaired) electrons. The molecule has 20 heavy (non-hydrogen) atoms. The van der Waals surface area contributed by atoms with E-state index in [1.54, 1.807) is 24.3 Å². The Bertz CT molecular complexity index is 453. The van der Waals surface area contributed by atoms with Crippen LogP contribution in [0.1, 0.15) is 42.9 Å². The minimum atomic E-state index is -0.574. The van der Waals surface area contributed by atoms with E-state index in [9.17, 15) is 10.2 Å². The van der Waals surface area contributed by atoms with Gasteiger partial charge in [0.15, 0.2) is 0 Å². The Kier molecular flexibility index (Phi) is 5.54. The maximum absolute atomic E-state index is 10.3. The third-order valence-corrected chi connectivity index (χ3v) is 4.04. The van der Waals surface area contributed by atoms with Gasteiger partial charge in [0.25, 0.3) is 0 Å². The Labute approximate surface area is 120 Å². The SMILES string of the molecule is N#Cc1ccc(C(O)CN2CCCCCC2CO)cc1. The fourth-order valence-corrected chi connectivity index (χ4v) is 2.79. The van der Waals surface area contributed by atoms with Crippen molar-refractivity contribution in [1.29, 1.82) is 5.26 Å². The highest BCUT2D eigenvalue weighted by Crippen LogP contribution is 2.21. The number of nitrogens with zero attached hydrogens (tertiary/aromatic N) is 2. The maximum Gasteiger partial charge on any atom is 0.0991 e. The summed E-state index contributed by atoms with van der Waals surface area (Å²) in [6, 6.07) is 9.29. The molecule has 1 heterocycles. The number of aliphatic hydroxyl groups is 2. The molecule has 1 aromatic carbocycles. The number of aliphatic hydroxyl groups excluding tert-OH is 2. The van der Waals surface area contributed by atoms with Crippen molar-refractivity contribution in [3.05, 3.63) is 35.4 Å². The average Bonchev–Trinajstić information content (AvgIpc) is 2.72. The molecule has 4 heteroatoms. The van der Waals surface area contributed by atoms with E-state index in [4.69, 9.17) is 5.26 Å². The van der Waals surface area contributed by atoms with Crippen molar-refractivity contribution in [2.45, 2.75) is 37.8 Å². The first-order valence-electron chi connectivity index (χ1n) is 7.27. The van der Waals surface area contributed by atoms with E-state index in [1.165, 1.54) is 6.42 Å². The molecule has 0 spiro atoms. The van der Waals surface area contributed by atoms with Crippen LogP contribution >= 0.6 is 0 Å². The lowest BCUT2D eigenvalue weighted by Gasteiger charge is -2.30. The molecule has 0 aromatic heterocycles. The number of benzene rings is 1. The molecule has 2 unspecified atom stereocenters. The maximum atomic E-state index is 10.3. The summed E-state index contributed by atoms with van der Waals surface area (Å²) in [6.45, 7) is 1.62. The van der Waals surface area contributed by atoms with Crippen LogP contribution in [0, 0.1) is 11.3 Å². The summed E-state index contributed by atoms with van der Waals surface area (Å²) in [6.07, 6.45) is 3.89. The van der Waals surface area contributed by atoms with Gasteiger partial charge in [-0.25, -0.2) is 0 Å². The van der Waals surface area contributed by atoms with E-state index >= 15 is 0 Å². The van der Waals surface area contributed by atoms with E-state index < -0.39 is 6.10 Å². The third kappa shape index (κ3) is 3.80. The monoisotopic (exact) mass is 274 g/mol. The van der Waals surface area contributed by atoms with Crippen LogP contribution in [0.25, 0.3) is 0 Å². The number of nitriles is 1. The number of hydrogen-bond donors (Lipinski definition) is 2. The lowest BCUT2D eigenvalue weighted by molar-refractivity contribution is 0.0636. The average molecular weight is 274 g/mol. The third-order valence-electron chi connectivity index (χ3n) is 4.04. The Morgan fingerprint density at radius 2 is 2.00 bits per heavy atom. The van der Waals surface area contributed by atoms with Gasteiger partial charge in [0.05, 0.1) is 24.3 Å². The van der Waals surface area contributed by atoms with E-state index in [0.717, 1.165) is 31.4 Å². The largest absolute Gasteiger partial charge is 0.395 e. The molecule has 0 saturated carbocycles. The molecular weight excluding hydrogens is 252 g/mol. The lowest BCUT2D eigenvalue weighted by Crippen LogP contribution is -2.40. The minimum absolute atomic E-state index is 0.153. The van der Waals surface area contributed by atoms with Crippen LogP contribution in [0.5, 0.6) is 0 Å². The van der Waals surface area contributed by atoms with Crippen LogP contribution in [0.15, 0.2) is 24.3 Å². The second-order valence-corrected chi connectivity index (χ2v) is 5.43. The van der Waals surface area contributed by atoms with Crippen LogP contribution in [-0.2, 0) is 0 Å². The van der Waals surface area contributed by atoms with Crippen molar-refractivity contribution in [3.8, 4) is 6.07 Å². The summed E-state index contributed by atoms with van der Waals surface area (Å²) in [4.78, 5) is 2.19. The first-order chi connectivity index (χ1) is 9.74. The molecule has 1 aliphatic heterocycles. The lowest BCUT2D eigenvalue weighted by atomic mass is 10.1. The van der Waals surface area contributed by atoms with Gasteiger partial charge in [0, 0.05) is 12.6 Å². The van der Waals surface area contributed by atoms with E-state index in [1.807, 2.05) is 0 Å². The van der Waals surface area contributed by atoms with Crippen molar-refractivity contribution in [3.63, 3.8) is 0 Å². The zero-order valence-electron chi connectivity index (χ0n) is 11.7. The highest BCUT2D eigenvalue weighted by molar-refractivity contribution is 5.32. The van der Waals surface area contributed by atoms with Gasteiger partial charge in [-0.05, 0) is 37.1 Å². The van der Waals surface area contributed by atoms with Crippen molar-refractivity contribution < 1.29 is 10.2 Å². The van der Waals surface area contributed by atoms with Gasteiger partial charge in [-0.15, -0.1) is 0 Å². The molecule has 2 atom stereocenters. The summed E-state index contributed by atoms with van der Waals surface area (Å²) >= 11 is 0. The zero-order chi connectivity index (χ0) is 14.4. The number of likely N-dealkylation sites (tertiary alicyclic amines) is 1. The van der Waals surface area contributed by atoms with Gasteiger partial charge in [-0.3, -0.25) is 4.90 Å². The summed E-state index contributed by atoms with van der Waals surface area (Å²) in [5.74, 6) is 0. The summed E-state index contributed by atoms with van der Waals surface area (Å²) in [5.41, 5.74) is 1.42. The molecule has 1 saturated heterocycles. The molecule has 0 amide bonds. The minimum Gasteiger partial charge on any atom is -0.395 e. The van der Waals surface area contributed by atoms with Gasteiger partial charge in [-0.1, -0.05) is 25.0 Å². The van der Waals surface area contributed by atoms with Crippen LogP contribution in [-0.4, -0.2) is 40.9 Å². The topological polar surface area (TPSA) is 67.5 Å². The van der Waals surface area contributed by atoms with Gasteiger partial charge in [0.1, 0.15) is 0 Å². The smallest absolute Gasteiger partial charge is 0.0991 e. The molecule has 2 rings (SSSR count). The first-order valence-corrected chi connectivity index (χ1v) is 7.27. The zero-order valence-corrected chi connectivity index (χ0v) is 11.7. The van der Waals surface area contributed by atoms with Crippen LogP contribution in [0.2, 0.25) is 0 Å². The predicted molar refractivity (Wildman–Crippen MR) is 77.0 cm³/mol. The second kappa shape index (κ2) is 7.39. The fourth-order valence-electron chi connectivity index (χ4n) is 2.79. The van der Waals surface area contributed by atoms with Crippen molar-refractivity contribution in [1.82, 2.24) is 4.90 Å². The quantitative estimate of drug-likeness (QED) is 0.879. The first kappa shape index (κ1) is 15.0. The Morgan fingerprint density at radius 3 is 2.65 bits per heavy atom. The van der Waals surface area contributed by atoms with Crippen LogP contribution in [0.3, 0.4) is 0 Å². The molecular formula is C16H22N2O2. The predicted octanol–water partition coefficient (Wildman–Crippen LogP) is 1.83. The molecule has 1 aromatic rings. The highest BCUT2D eigenvalue weighted by Gasteiger charge is 2.23. The molecule has 0 bridgehead atoms. The molecule has 0 aliphatic carbocycles. The summed E-state index contributed by atoms with van der Waals surface area (Å²) < 4.78 is 0. The fraction of sp³-hybridized carbons (Fsp3) is 0.562. The standard InChI is InChI=1S/C16H22N2O2/c17-10-13-5-7-14(8-6-13)16(20)11-18-9-3-1-2-4-15(18)12-19/h5-8,15-16,19-20H,1-4,9,11-12H2. The molecule has 2 N–H and O–H groups in total. The number of β-amino-alcohol motifs (C(OH)–C–C–N with tert-alkyl or cyclic N) is 1. The van der Waals surface area contributed by atoms with Gasteiger partial charge in [-0.2, -0.15) is 5.26 Å². The van der Waals surface area contributed by atoms with Crippen LogP contribution < -0.4 is 0 Å². The normalized spacial score (nSPS) is 21.9.